The average molecular weight is 694 g/mol. The topological polar surface area (TPSA) is 129 Å². The molecule has 1 saturated carbocycles. The molecule has 256 valence electrons. The van der Waals surface area contributed by atoms with Crippen molar-refractivity contribution in [2.75, 3.05) is 6.61 Å². The first kappa shape index (κ1) is 34.1. The molecule has 0 spiro atoms. The van der Waals surface area contributed by atoms with E-state index in [1.165, 1.54) is 22.2 Å². The number of amides is 1. The van der Waals surface area contributed by atoms with Crippen LogP contribution >= 0.6 is 11.6 Å². The predicted molar refractivity (Wildman–Crippen MR) is 176 cm³/mol. The zero-order valence-corrected chi connectivity index (χ0v) is 27.9. The number of esters is 1. The second-order valence-corrected chi connectivity index (χ2v) is 14.1. The van der Waals surface area contributed by atoms with Crippen molar-refractivity contribution in [2.45, 2.75) is 64.2 Å². The van der Waals surface area contributed by atoms with E-state index in [2.05, 4.69) is 15.1 Å². The minimum Gasteiger partial charge on any atom is -0.463 e. The summed E-state index contributed by atoms with van der Waals surface area (Å²) in [6.45, 7) is 5.46. The molecule has 3 heterocycles. The van der Waals surface area contributed by atoms with Gasteiger partial charge in [0.2, 0.25) is 0 Å². The first-order chi connectivity index (χ1) is 23.1. The fraction of sp³-hybridized carbons (Fsp3) is 0.371. The summed E-state index contributed by atoms with van der Waals surface area (Å²) in [7, 11) is 0. The molecule has 1 aliphatic heterocycles. The van der Waals surface area contributed by atoms with E-state index in [-0.39, 0.29) is 25.2 Å². The molecule has 14 heteroatoms. The summed E-state index contributed by atoms with van der Waals surface area (Å²) in [4.78, 5) is 42.2. The molecule has 1 aliphatic carbocycles. The predicted octanol–water partition coefficient (Wildman–Crippen LogP) is 6.79. The number of carbonyl (C=O) groups is 2. The van der Waals surface area contributed by atoms with Crippen LogP contribution < -0.4 is 5.73 Å². The van der Waals surface area contributed by atoms with Gasteiger partial charge in [0.15, 0.2) is 11.5 Å². The van der Waals surface area contributed by atoms with Gasteiger partial charge in [-0.1, -0.05) is 68.8 Å². The highest BCUT2D eigenvalue weighted by molar-refractivity contribution is 6.32. The molecule has 2 atom stereocenters. The van der Waals surface area contributed by atoms with Gasteiger partial charge in [0.25, 0.3) is 5.91 Å². The molecular formula is C35H35ClF3N7O3. The number of alkyl halides is 3. The normalized spacial score (nSPS) is 19.4. The van der Waals surface area contributed by atoms with E-state index in [0.717, 1.165) is 11.3 Å². The molecule has 4 aromatic rings. The van der Waals surface area contributed by atoms with Gasteiger partial charge in [0, 0.05) is 11.8 Å². The van der Waals surface area contributed by atoms with Gasteiger partial charge in [-0.05, 0) is 60.1 Å². The van der Waals surface area contributed by atoms with Crippen LogP contribution in [0, 0.1) is 10.8 Å². The SMILES string of the molecule is CC(C)(C)C[C@]1(c2ccc(-c3ccccn3)cc2)N=C(N)N([C@H](COC(=O)CC2(C(F)(F)F)CC2)c2ccc(Cl)c(-n3cncn3)c2)C1=O. The van der Waals surface area contributed by atoms with Crippen molar-refractivity contribution >= 4 is 29.4 Å². The van der Waals surface area contributed by atoms with Gasteiger partial charge in [-0.15, -0.1) is 0 Å². The number of hydrogen-bond donors (Lipinski definition) is 1. The van der Waals surface area contributed by atoms with Crippen LogP contribution in [-0.2, 0) is 19.9 Å². The van der Waals surface area contributed by atoms with Crippen molar-refractivity contribution in [3.8, 4) is 16.9 Å². The molecule has 0 saturated heterocycles. The molecule has 0 unspecified atom stereocenters. The van der Waals surface area contributed by atoms with Crippen LogP contribution in [0.3, 0.4) is 0 Å². The summed E-state index contributed by atoms with van der Waals surface area (Å²) in [5, 5.41) is 4.46. The number of nitrogens with zero attached hydrogens (tertiary/aromatic N) is 6. The molecule has 2 N–H and O–H groups in total. The lowest BCUT2D eigenvalue weighted by molar-refractivity contribution is -0.195. The number of hydrogen-bond acceptors (Lipinski definition) is 8. The van der Waals surface area contributed by atoms with E-state index in [4.69, 9.17) is 27.1 Å². The number of ether oxygens (including phenoxy) is 1. The molecule has 49 heavy (non-hydrogen) atoms. The number of aromatic nitrogens is 4. The second kappa shape index (κ2) is 12.6. The van der Waals surface area contributed by atoms with E-state index >= 15 is 0 Å². The Bertz CT molecular complexity index is 1870. The number of rotatable bonds is 10. The zero-order chi connectivity index (χ0) is 35.2. The molecule has 6 rings (SSSR count). The first-order valence-corrected chi connectivity index (χ1v) is 16.1. The fourth-order valence-electron chi connectivity index (χ4n) is 6.30. The monoisotopic (exact) mass is 693 g/mol. The lowest BCUT2D eigenvalue weighted by Gasteiger charge is -2.35. The molecular weight excluding hydrogens is 659 g/mol. The molecule has 2 aromatic heterocycles. The van der Waals surface area contributed by atoms with Gasteiger partial charge in [-0.2, -0.15) is 18.3 Å². The fourth-order valence-corrected chi connectivity index (χ4v) is 6.50. The second-order valence-electron chi connectivity index (χ2n) is 13.7. The number of benzene rings is 2. The summed E-state index contributed by atoms with van der Waals surface area (Å²) >= 11 is 6.50. The molecule has 0 bridgehead atoms. The molecule has 1 amide bonds. The third-order valence-corrected chi connectivity index (χ3v) is 9.23. The van der Waals surface area contributed by atoms with Crippen molar-refractivity contribution in [3.05, 3.63) is 95.7 Å². The molecule has 2 aromatic carbocycles. The van der Waals surface area contributed by atoms with E-state index in [9.17, 15) is 22.8 Å². The molecule has 10 nitrogen and oxygen atoms in total. The number of guanidine groups is 1. The molecule has 2 aliphatic rings. The molecule has 0 radical (unpaired) electrons. The minimum atomic E-state index is -4.53. The van der Waals surface area contributed by atoms with Crippen LogP contribution in [0.5, 0.6) is 0 Å². The number of halogens is 4. The lowest BCUT2D eigenvalue weighted by atomic mass is 9.75. The number of pyridine rings is 1. The summed E-state index contributed by atoms with van der Waals surface area (Å²) < 4.78 is 47.9. The summed E-state index contributed by atoms with van der Waals surface area (Å²) in [5.41, 5.74) is 5.68. The van der Waals surface area contributed by atoms with E-state index < -0.39 is 53.5 Å². The highest BCUT2D eigenvalue weighted by Gasteiger charge is 2.64. The van der Waals surface area contributed by atoms with Crippen LogP contribution in [0.25, 0.3) is 16.9 Å². The van der Waals surface area contributed by atoms with Gasteiger partial charge in [-0.25, -0.2) is 14.7 Å². The zero-order valence-electron chi connectivity index (χ0n) is 27.1. The summed E-state index contributed by atoms with van der Waals surface area (Å²) in [6, 6.07) is 16.7. The van der Waals surface area contributed by atoms with E-state index in [1.54, 1.807) is 24.4 Å². The largest absolute Gasteiger partial charge is 0.463 e. The lowest BCUT2D eigenvalue weighted by Crippen LogP contribution is -2.47. The maximum atomic E-state index is 14.9. The van der Waals surface area contributed by atoms with Crippen molar-refractivity contribution in [2.24, 2.45) is 21.6 Å². The summed E-state index contributed by atoms with van der Waals surface area (Å²) in [5.74, 6) is -1.63. The number of aliphatic imine (C=N–C) groups is 1. The van der Waals surface area contributed by atoms with Crippen LogP contribution in [0.2, 0.25) is 5.02 Å². The number of carbonyl (C=O) groups excluding carboxylic acids is 2. The van der Waals surface area contributed by atoms with Crippen molar-refractivity contribution in [3.63, 3.8) is 0 Å². The Labute approximate surface area is 286 Å². The standard InChI is InChI=1S/C35H35ClF3N7O3/c1-32(2,3)19-34(24-10-7-22(8-11-24)26-6-4-5-15-42-26)30(48)46(31(40)44-34)28(18-49-29(47)17-33(13-14-33)35(37,38)39)23-9-12-25(36)27(16-23)45-21-41-20-43-45/h4-12,15-16,20-21,28H,13-14,17-19H2,1-3H3,(H2,40,44)/t28-,34-/m1/s1. The maximum absolute atomic E-state index is 14.9. The Morgan fingerprint density at radius 1 is 1.08 bits per heavy atom. The Morgan fingerprint density at radius 2 is 1.82 bits per heavy atom. The highest BCUT2D eigenvalue weighted by Crippen LogP contribution is 2.60. The average Bonchev–Trinajstić information content (AvgIpc) is 3.55. The third-order valence-electron chi connectivity index (χ3n) is 8.91. The maximum Gasteiger partial charge on any atom is 0.395 e. The Morgan fingerprint density at radius 3 is 2.41 bits per heavy atom. The van der Waals surface area contributed by atoms with E-state index in [0.29, 0.717) is 21.8 Å². The Kier molecular flexibility index (Phi) is 8.76. The van der Waals surface area contributed by atoms with Crippen LogP contribution in [0.15, 0.2) is 84.5 Å². The van der Waals surface area contributed by atoms with Gasteiger partial charge >= 0.3 is 12.1 Å². The quantitative estimate of drug-likeness (QED) is 0.181. The first-order valence-electron chi connectivity index (χ1n) is 15.7. The minimum absolute atomic E-state index is 0.129. The Balaban J connectivity index is 1.38. The van der Waals surface area contributed by atoms with Crippen molar-refractivity contribution < 1.29 is 27.5 Å². The van der Waals surface area contributed by atoms with Crippen molar-refractivity contribution in [1.82, 2.24) is 24.6 Å². The van der Waals surface area contributed by atoms with Gasteiger partial charge in [0.1, 0.15) is 19.3 Å². The van der Waals surface area contributed by atoms with Crippen LogP contribution in [0.1, 0.15) is 63.6 Å². The van der Waals surface area contributed by atoms with Gasteiger partial charge in [0.05, 0.1) is 34.3 Å². The van der Waals surface area contributed by atoms with Crippen LogP contribution in [-0.4, -0.2) is 55.3 Å². The van der Waals surface area contributed by atoms with Gasteiger partial charge < -0.3 is 10.5 Å². The molecule has 1 fully saturated rings. The smallest absolute Gasteiger partial charge is 0.395 e. The third kappa shape index (κ3) is 6.76. The van der Waals surface area contributed by atoms with Crippen molar-refractivity contribution in [1.29, 1.82) is 0 Å². The summed E-state index contributed by atoms with van der Waals surface area (Å²) in [6.07, 6.45) is -0.920. The highest BCUT2D eigenvalue weighted by atomic mass is 35.5. The van der Waals surface area contributed by atoms with Crippen LogP contribution in [0.4, 0.5) is 13.2 Å². The number of nitrogens with two attached hydrogens (primary N) is 1. The Hall–Kier alpha value is -4.78. The van der Waals surface area contributed by atoms with E-state index in [1.807, 2.05) is 63.2 Å². The van der Waals surface area contributed by atoms with Gasteiger partial charge in [-0.3, -0.25) is 19.5 Å².